The molecule has 1 aliphatic rings. The van der Waals surface area contributed by atoms with Crippen molar-refractivity contribution in [2.24, 2.45) is 7.05 Å². The SMILES string of the molecule is Cc1ncnc(C)c1-c1cc(NC(=O)c2ccnn2C)ccc1OCCN1CCCC1. The van der Waals surface area contributed by atoms with Crippen LogP contribution >= 0.6 is 0 Å². The van der Waals surface area contributed by atoms with Crippen molar-refractivity contribution >= 4 is 11.6 Å². The number of aryl methyl sites for hydroxylation is 3. The maximum Gasteiger partial charge on any atom is 0.273 e. The van der Waals surface area contributed by atoms with Gasteiger partial charge < -0.3 is 10.1 Å². The van der Waals surface area contributed by atoms with Gasteiger partial charge in [-0.3, -0.25) is 14.4 Å². The zero-order valence-electron chi connectivity index (χ0n) is 18.3. The molecule has 1 saturated heterocycles. The second-order valence-corrected chi connectivity index (χ2v) is 7.82. The quantitative estimate of drug-likeness (QED) is 0.632. The summed E-state index contributed by atoms with van der Waals surface area (Å²) in [6.07, 6.45) is 5.69. The van der Waals surface area contributed by atoms with Gasteiger partial charge in [0.05, 0.1) is 0 Å². The maximum absolute atomic E-state index is 12.6. The molecular weight excluding hydrogens is 392 g/mol. The van der Waals surface area contributed by atoms with Gasteiger partial charge in [-0.25, -0.2) is 9.97 Å². The molecular formula is C23H28N6O2. The summed E-state index contributed by atoms with van der Waals surface area (Å²) in [5, 5.41) is 7.02. The number of likely N-dealkylation sites (tertiary alicyclic amines) is 1. The summed E-state index contributed by atoms with van der Waals surface area (Å²) in [5.74, 6) is 0.546. The van der Waals surface area contributed by atoms with Crippen LogP contribution in [0.15, 0.2) is 36.8 Å². The Kier molecular flexibility index (Phi) is 6.27. The predicted octanol–water partition coefficient (Wildman–Crippen LogP) is 3.22. The molecule has 1 N–H and O–H groups in total. The molecule has 1 amide bonds. The third-order valence-corrected chi connectivity index (χ3v) is 5.65. The average molecular weight is 421 g/mol. The van der Waals surface area contributed by atoms with Crippen LogP contribution in [0, 0.1) is 13.8 Å². The Morgan fingerprint density at radius 1 is 1.13 bits per heavy atom. The van der Waals surface area contributed by atoms with Crippen LogP contribution in [-0.4, -0.2) is 56.8 Å². The number of rotatable bonds is 7. The second kappa shape index (κ2) is 9.26. The number of ether oxygens (including phenoxy) is 1. The van der Waals surface area contributed by atoms with E-state index in [2.05, 4.69) is 25.3 Å². The predicted molar refractivity (Wildman–Crippen MR) is 119 cm³/mol. The summed E-state index contributed by atoms with van der Waals surface area (Å²) in [5.41, 5.74) is 4.70. The van der Waals surface area contributed by atoms with E-state index in [1.807, 2.05) is 32.0 Å². The zero-order chi connectivity index (χ0) is 21.8. The molecule has 1 fully saturated rings. The molecule has 162 valence electrons. The Balaban J connectivity index is 1.61. The Morgan fingerprint density at radius 3 is 2.55 bits per heavy atom. The summed E-state index contributed by atoms with van der Waals surface area (Å²) in [6.45, 7) is 7.71. The Hall–Kier alpha value is -3.26. The molecule has 8 nitrogen and oxygen atoms in total. The van der Waals surface area contributed by atoms with Crippen LogP contribution in [0.2, 0.25) is 0 Å². The number of nitrogens with zero attached hydrogens (tertiary/aromatic N) is 5. The van der Waals surface area contributed by atoms with Gasteiger partial charge in [0.25, 0.3) is 5.91 Å². The van der Waals surface area contributed by atoms with E-state index in [4.69, 9.17) is 4.74 Å². The van der Waals surface area contributed by atoms with E-state index in [0.29, 0.717) is 18.0 Å². The minimum Gasteiger partial charge on any atom is -0.492 e. The molecule has 8 heteroatoms. The van der Waals surface area contributed by atoms with Gasteiger partial charge in [0.15, 0.2) is 0 Å². The maximum atomic E-state index is 12.6. The normalized spacial score (nSPS) is 14.0. The molecule has 0 radical (unpaired) electrons. The molecule has 31 heavy (non-hydrogen) atoms. The summed E-state index contributed by atoms with van der Waals surface area (Å²) in [4.78, 5) is 23.8. The van der Waals surface area contributed by atoms with Gasteiger partial charge in [0, 0.05) is 48.0 Å². The number of aromatic nitrogens is 4. The first-order chi connectivity index (χ1) is 15.0. The standard InChI is InChI=1S/C23H28N6O2/c1-16-22(17(2)25-15-24-16)19-14-18(27-23(30)20-8-9-26-28(20)3)6-7-21(19)31-13-12-29-10-4-5-11-29/h6-9,14-15H,4-5,10-13H2,1-3H3,(H,27,30). The van der Waals surface area contributed by atoms with Crippen molar-refractivity contribution < 1.29 is 9.53 Å². The van der Waals surface area contributed by atoms with Gasteiger partial charge in [0.2, 0.25) is 0 Å². The highest BCUT2D eigenvalue weighted by atomic mass is 16.5. The van der Waals surface area contributed by atoms with Crippen molar-refractivity contribution in [1.29, 1.82) is 0 Å². The molecule has 2 aromatic heterocycles. The van der Waals surface area contributed by atoms with Crippen molar-refractivity contribution in [3.05, 3.63) is 53.9 Å². The lowest BCUT2D eigenvalue weighted by Gasteiger charge is -2.18. The number of carbonyl (C=O) groups is 1. The number of nitrogens with one attached hydrogen (secondary N) is 1. The highest BCUT2D eigenvalue weighted by Crippen LogP contribution is 2.35. The lowest BCUT2D eigenvalue weighted by molar-refractivity contribution is 0.101. The molecule has 1 aromatic carbocycles. The first-order valence-electron chi connectivity index (χ1n) is 10.6. The van der Waals surface area contributed by atoms with Crippen LogP contribution in [0.25, 0.3) is 11.1 Å². The fourth-order valence-electron chi connectivity index (χ4n) is 3.99. The van der Waals surface area contributed by atoms with Crippen LogP contribution in [-0.2, 0) is 7.05 Å². The summed E-state index contributed by atoms with van der Waals surface area (Å²) >= 11 is 0. The van der Waals surface area contributed by atoms with Crippen molar-refractivity contribution in [2.75, 3.05) is 31.6 Å². The smallest absolute Gasteiger partial charge is 0.273 e. The molecule has 3 aromatic rings. The van der Waals surface area contributed by atoms with Crippen LogP contribution in [0.1, 0.15) is 34.7 Å². The van der Waals surface area contributed by atoms with Gasteiger partial charge in [-0.2, -0.15) is 5.10 Å². The minimum atomic E-state index is -0.216. The van der Waals surface area contributed by atoms with Crippen molar-refractivity contribution in [3.63, 3.8) is 0 Å². The van der Waals surface area contributed by atoms with Crippen molar-refractivity contribution in [1.82, 2.24) is 24.6 Å². The lowest BCUT2D eigenvalue weighted by atomic mass is 10.0. The van der Waals surface area contributed by atoms with E-state index >= 15 is 0 Å². The number of hydrogen-bond acceptors (Lipinski definition) is 6. The zero-order valence-corrected chi connectivity index (χ0v) is 18.3. The lowest BCUT2D eigenvalue weighted by Crippen LogP contribution is -2.25. The number of benzene rings is 1. The number of carbonyl (C=O) groups excluding carboxylic acids is 1. The highest BCUT2D eigenvalue weighted by Gasteiger charge is 2.17. The average Bonchev–Trinajstić information content (AvgIpc) is 3.41. The van der Waals surface area contributed by atoms with Gasteiger partial charge in [-0.1, -0.05) is 0 Å². The van der Waals surface area contributed by atoms with Gasteiger partial charge >= 0.3 is 0 Å². The highest BCUT2D eigenvalue weighted by molar-refractivity contribution is 6.03. The van der Waals surface area contributed by atoms with E-state index in [-0.39, 0.29) is 5.91 Å². The van der Waals surface area contributed by atoms with Gasteiger partial charge in [-0.15, -0.1) is 0 Å². The molecule has 0 unspecified atom stereocenters. The Bertz CT molecular complexity index is 1050. The van der Waals surface area contributed by atoms with E-state index in [1.165, 1.54) is 12.8 Å². The molecule has 1 aliphatic heterocycles. The fourth-order valence-corrected chi connectivity index (χ4v) is 3.99. The van der Waals surface area contributed by atoms with E-state index in [9.17, 15) is 4.79 Å². The third kappa shape index (κ3) is 4.74. The molecule has 0 spiro atoms. The summed E-state index contributed by atoms with van der Waals surface area (Å²) in [7, 11) is 1.74. The van der Waals surface area contributed by atoms with Crippen LogP contribution in [0.5, 0.6) is 5.75 Å². The molecule has 3 heterocycles. The number of amides is 1. The topological polar surface area (TPSA) is 85.2 Å². The summed E-state index contributed by atoms with van der Waals surface area (Å²) in [6, 6.07) is 7.38. The number of hydrogen-bond donors (Lipinski definition) is 1. The molecule has 0 bridgehead atoms. The minimum absolute atomic E-state index is 0.216. The summed E-state index contributed by atoms with van der Waals surface area (Å²) < 4.78 is 7.74. The van der Waals surface area contributed by atoms with Gasteiger partial charge in [-0.05, 0) is 64.0 Å². The molecule has 0 aliphatic carbocycles. The van der Waals surface area contributed by atoms with Crippen molar-refractivity contribution in [3.8, 4) is 16.9 Å². The molecule has 0 saturated carbocycles. The largest absolute Gasteiger partial charge is 0.492 e. The van der Waals surface area contributed by atoms with E-state index in [1.54, 1.807) is 30.3 Å². The van der Waals surface area contributed by atoms with Crippen molar-refractivity contribution in [2.45, 2.75) is 26.7 Å². The third-order valence-electron chi connectivity index (χ3n) is 5.65. The molecule has 0 atom stereocenters. The monoisotopic (exact) mass is 420 g/mol. The molecule has 4 rings (SSSR count). The van der Waals surface area contributed by atoms with Crippen LogP contribution in [0.3, 0.4) is 0 Å². The van der Waals surface area contributed by atoms with E-state index in [0.717, 1.165) is 47.9 Å². The Labute approximate surface area is 182 Å². The van der Waals surface area contributed by atoms with Crippen LogP contribution < -0.4 is 10.1 Å². The first kappa shape index (κ1) is 21.0. The fraction of sp³-hybridized carbons (Fsp3) is 0.391. The second-order valence-electron chi connectivity index (χ2n) is 7.82. The van der Waals surface area contributed by atoms with Crippen LogP contribution in [0.4, 0.5) is 5.69 Å². The first-order valence-corrected chi connectivity index (χ1v) is 10.6. The Morgan fingerprint density at radius 2 is 1.87 bits per heavy atom. The van der Waals surface area contributed by atoms with E-state index < -0.39 is 0 Å². The van der Waals surface area contributed by atoms with Gasteiger partial charge in [0.1, 0.15) is 24.4 Å². The number of anilines is 1.